The topological polar surface area (TPSA) is 64.9 Å². The highest BCUT2D eigenvalue weighted by Gasteiger charge is 2.20. The number of hydrogen-bond donors (Lipinski definition) is 1. The maximum absolute atomic E-state index is 5.79. The van der Waals surface area contributed by atoms with Crippen molar-refractivity contribution in [1.29, 1.82) is 0 Å². The molecule has 0 saturated carbocycles. The van der Waals surface area contributed by atoms with Crippen LogP contribution < -0.4 is 5.73 Å². The Balaban J connectivity index is 2.26. The summed E-state index contributed by atoms with van der Waals surface area (Å²) in [7, 11) is 0. The van der Waals surface area contributed by atoms with E-state index >= 15 is 0 Å². The summed E-state index contributed by atoms with van der Waals surface area (Å²) in [6.07, 6.45) is 0.952. The summed E-state index contributed by atoms with van der Waals surface area (Å²) in [5.74, 6) is 1.91. The third-order valence-corrected chi connectivity index (χ3v) is 3.64. The van der Waals surface area contributed by atoms with Crippen molar-refractivity contribution in [3.63, 3.8) is 0 Å². The lowest BCUT2D eigenvalue weighted by Gasteiger charge is -2.11. The summed E-state index contributed by atoms with van der Waals surface area (Å²) >= 11 is 3.49. The van der Waals surface area contributed by atoms with Crippen LogP contribution in [0.5, 0.6) is 0 Å². The molecule has 1 atom stereocenters. The van der Waals surface area contributed by atoms with E-state index in [0.29, 0.717) is 24.2 Å². The zero-order valence-corrected chi connectivity index (χ0v) is 12.7. The summed E-state index contributed by atoms with van der Waals surface area (Å²) in [5.41, 5.74) is 6.72. The first-order valence-electron chi connectivity index (χ1n) is 6.40. The van der Waals surface area contributed by atoms with Gasteiger partial charge in [-0.05, 0) is 24.5 Å². The van der Waals surface area contributed by atoms with Crippen LogP contribution in [0.15, 0.2) is 33.3 Å². The van der Waals surface area contributed by atoms with Gasteiger partial charge >= 0.3 is 0 Å². The van der Waals surface area contributed by atoms with Crippen LogP contribution in [0.2, 0.25) is 0 Å². The number of rotatable bonds is 5. The van der Waals surface area contributed by atoms with E-state index in [1.165, 1.54) is 0 Å². The van der Waals surface area contributed by atoms with Gasteiger partial charge in [-0.1, -0.05) is 47.1 Å². The summed E-state index contributed by atoms with van der Waals surface area (Å²) in [6.45, 7) is 4.84. The van der Waals surface area contributed by atoms with Crippen LogP contribution in [0.3, 0.4) is 0 Å². The summed E-state index contributed by atoms with van der Waals surface area (Å²) in [5, 5.41) is 4.05. The summed E-state index contributed by atoms with van der Waals surface area (Å²) < 4.78 is 6.32. The molecule has 0 amide bonds. The Morgan fingerprint density at radius 3 is 2.68 bits per heavy atom. The van der Waals surface area contributed by atoms with Gasteiger partial charge in [-0.2, -0.15) is 4.98 Å². The molecule has 1 unspecified atom stereocenters. The van der Waals surface area contributed by atoms with Gasteiger partial charge in [-0.25, -0.2) is 0 Å². The van der Waals surface area contributed by atoms with Gasteiger partial charge < -0.3 is 10.3 Å². The molecule has 1 heterocycles. The average molecular weight is 324 g/mol. The Hall–Kier alpha value is -1.20. The Morgan fingerprint density at radius 2 is 2.05 bits per heavy atom. The molecule has 0 aliphatic carbocycles. The van der Waals surface area contributed by atoms with Crippen molar-refractivity contribution >= 4 is 15.9 Å². The molecule has 2 N–H and O–H groups in total. The number of benzene rings is 1. The van der Waals surface area contributed by atoms with E-state index < -0.39 is 0 Å². The quantitative estimate of drug-likeness (QED) is 0.913. The van der Waals surface area contributed by atoms with Crippen molar-refractivity contribution in [2.24, 2.45) is 11.7 Å². The molecule has 0 saturated heterocycles. The number of hydrogen-bond acceptors (Lipinski definition) is 4. The lowest BCUT2D eigenvalue weighted by Crippen LogP contribution is -2.15. The normalized spacial score (nSPS) is 12.9. The van der Waals surface area contributed by atoms with E-state index in [9.17, 15) is 0 Å². The van der Waals surface area contributed by atoms with Gasteiger partial charge in [-0.15, -0.1) is 0 Å². The fraction of sp³-hybridized carbons (Fsp3) is 0.429. The third-order valence-electron chi connectivity index (χ3n) is 2.95. The van der Waals surface area contributed by atoms with Gasteiger partial charge in [0.25, 0.3) is 0 Å². The van der Waals surface area contributed by atoms with E-state index in [1.807, 2.05) is 24.3 Å². The van der Waals surface area contributed by atoms with Gasteiger partial charge in [0.2, 0.25) is 11.7 Å². The van der Waals surface area contributed by atoms with E-state index in [-0.39, 0.29) is 5.92 Å². The molecule has 0 radical (unpaired) electrons. The fourth-order valence-corrected chi connectivity index (χ4v) is 2.48. The number of aromatic nitrogens is 2. The molecule has 0 spiro atoms. The molecule has 5 heteroatoms. The smallest absolute Gasteiger partial charge is 0.231 e. The second-order valence-electron chi connectivity index (χ2n) is 5.00. The molecule has 0 fully saturated rings. The molecule has 19 heavy (non-hydrogen) atoms. The molecule has 0 bridgehead atoms. The van der Waals surface area contributed by atoms with Crippen molar-refractivity contribution in [2.75, 3.05) is 6.54 Å². The fourth-order valence-electron chi connectivity index (χ4n) is 2.02. The predicted molar refractivity (Wildman–Crippen MR) is 78.7 cm³/mol. The molecule has 2 aromatic rings. The third kappa shape index (κ3) is 3.42. The molecule has 102 valence electrons. The first kappa shape index (κ1) is 14.2. The van der Waals surface area contributed by atoms with Crippen molar-refractivity contribution in [3.8, 4) is 11.4 Å². The van der Waals surface area contributed by atoms with Crippen LogP contribution in [0.25, 0.3) is 11.4 Å². The average Bonchev–Trinajstić information content (AvgIpc) is 2.85. The molecule has 1 aromatic carbocycles. The monoisotopic (exact) mass is 323 g/mol. The van der Waals surface area contributed by atoms with Crippen molar-refractivity contribution in [1.82, 2.24) is 10.1 Å². The van der Waals surface area contributed by atoms with Gasteiger partial charge in [0.05, 0.1) is 5.92 Å². The van der Waals surface area contributed by atoms with Crippen LogP contribution in [0, 0.1) is 5.92 Å². The maximum atomic E-state index is 5.79. The van der Waals surface area contributed by atoms with Crippen molar-refractivity contribution < 1.29 is 4.52 Å². The van der Waals surface area contributed by atoms with Crippen LogP contribution >= 0.6 is 15.9 Å². The molecular weight excluding hydrogens is 306 g/mol. The Labute approximate surface area is 121 Å². The van der Waals surface area contributed by atoms with Gasteiger partial charge in [-0.3, -0.25) is 0 Å². The Bertz CT molecular complexity index is 539. The minimum atomic E-state index is 0.128. The Morgan fingerprint density at radius 1 is 1.32 bits per heavy atom. The summed E-state index contributed by atoms with van der Waals surface area (Å²) in [6, 6.07) is 7.82. The van der Waals surface area contributed by atoms with Crippen LogP contribution in [0.1, 0.15) is 32.1 Å². The largest absolute Gasteiger partial charge is 0.339 e. The maximum Gasteiger partial charge on any atom is 0.231 e. The van der Waals surface area contributed by atoms with Crippen molar-refractivity contribution in [3.05, 3.63) is 34.6 Å². The number of nitrogens with zero attached hydrogens (tertiary/aromatic N) is 2. The first-order chi connectivity index (χ1) is 9.11. The van der Waals surface area contributed by atoms with E-state index in [0.717, 1.165) is 16.5 Å². The lowest BCUT2D eigenvalue weighted by molar-refractivity contribution is 0.335. The SMILES string of the molecule is CC(C)CC(CN)c1nc(-c2ccccc2Br)no1. The zero-order valence-electron chi connectivity index (χ0n) is 11.1. The molecule has 0 aliphatic rings. The molecule has 0 aliphatic heterocycles. The highest BCUT2D eigenvalue weighted by molar-refractivity contribution is 9.10. The van der Waals surface area contributed by atoms with Crippen LogP contribution in [-0.2, 0) is 0 Å². The highest BCUT2D eigenvalue weighted by Crippen LogP contribution is 2.28. The molecule has 2 rings (SSSR count). The standard InChI is InChI=1S/C14H18BrN3O/c1-9(2)7-10(8-16)14-17-13(18-19-14)11-5-3-4-6-12(11)15/h3-6,9-10H,7-8,16H2,1-2H3. The zero-order chi connectivity index (χ0) is 13.8. The minimum Gasteiger partial charge on any atom is -0.339 e. The second-order valence-corrected chi connectivity index (χ2v) is 5.85. The summed E-state index contributed by atoms with van der Waals surface area (Å²) in [4.78, 5) is 4.48. The molecule has 4 nitrogen and oxygen atoms in total. The minimum absolute atomic E-state index is 0.128. The van der Waals surface area contributed by atoms with Gasteiger partial charge in [0.15, 0.2) is 0 Å². The first-order valence-corrected chi connectivity index (χ1v) is 7.19. The predicted octanol–water partition coefficient (Wildman–Crippen LogP) is 3.59. The van der Waals surface area contributed by atoms with E-state index in [4.69, 9.17) is 10.3 Å². The van der Waals surface area contributed by atoms with Gasteiger partial charge in [0.1, 0.15) is 0 Å². The lowest BCUT2D eigenvalue weighted by atomic mass is 9.97. The van der Waals surface area contributed by atoms with Crippen molar-refractivity contribution in [2.45, 2.75) is 26.2 Å². The number of halogens is 1. The van der Waals surface area contributed by atoms with E-state index in [2.05, 4.69) is 39.9 Å². The van der Waals surface area contributed by atoms with E-state index in [1.54, 1.807) is 0 Å². The Kier molecular flexibility index (Phi) is 4.71. The molecular formula is C14H18BrN3O. The van der Waals surface area contributed by atoms with Gasteiger partial charge in [0, 0.05) is 16.6 Å². The highest BCUT2D eigenvalue weighted by atomic mass is 79.9. The van der Waals surface area contributed by atoms with Crippen LogP contribution in [-0.4, -0.2) is 16.7 Å². The molecule has 1 aromatic heterocycles. The second kappa shape index (κ2) is 6.30. The number of nitrogens with two attached hydrogens (primary N) is 1. The van der Waals surface area contributed by atoms with Crippen LogP contribution in [0.4, 0.5) is 0 Å².